The summed E-state index contributed by atoms with van der Waals surface area (Å²) in [6, 6.07) is 11.8. The quantitative estimate of drug-likeness (QED) is 0.223. The summed E-state index contributed by atoms with van der Waals surface area (Å²) >= 11 is 0. The van der Waals surface area contributed by atoms with Gasteiger partial charge in [-0.1, -0.05) is 85.2 Å². The highest BCUT2D eigenvalue weighted by Gasteiger charge is 2.65. The fourth-order valence-electron chi connectivity index (χ4n) is 11.8. The zero-order valence-electron chi connectivity index (χ0n) is 32.8. The van der Waals surface area contributed by atoms with Gasteiger partial charge in [0.25, 0.3) is 10.0 Å². The number of nitrogens with one attached hydrogen (secondary N) is 2. The van der Waals surface area contributed by atoms with Crippen LogP contribution in [0.25, 0.3) is 10.8 Å². The topological polar surface area (TPSA) is 105 Å². The molecule has 4 aliphatic carbocycles. The van der Waals surface area contributed by atoms with Crippen molar-refractivity contribution in [1.82, 2.24) is 10.0 Å². The summed E-state index contributed by atoms with van der Waals surface area (Å²) in [6.07, 6.45) is 9.98. The lowest BCUT2D eigenvalue weighted by Crippen LogP contribution is -2.62. The van der Waals surface area contributed by atoms with Gasteiger partial charge in [-0.2, -0.15) is 0 Å². The Morgan fingerprint density at radius 3 is 2.33 bits per heavy atom. The van der Waals surface area contributed by atoms with Gasteiger partial charge in [-0.3, -0.25) is 0 Å². The Hall–Kier alpha value is -1.94. The lowest BCUT2D eigenvalue weighted by atomic mass is 9.41. The van der Waals surface area contributed by atoms with E-state index in [4.69, 9.17) is 4.43 Å². The van der Waals surface area contributed by atoms with Crippen LogP contribution in [0.1, 0.15) is 106 Å². The highest BCUT2D eigenvalue weighted by atomic mass is 32.2. The van der Waals surface area contributed by atoms with Crippen LogP contribution >= 0.6 is 0 Å². The summed E-state index contributed by atoms with van der Waals surface area (Å²) in [5, 5.41) is 17.1. The molecule has 0 spiro atoms. The predicted octanol–water partition coefficient (Wildman–Crippen LogP) is 9.51. The molecule has 0 aliphatic heterocycles. The lowest BCUT2D eigenvalue weighted by molar-refractivity contribution is -0.202. The first kappa shape index (κ1) is 38.8. The van der Waals surface area contributed by atoms with Gasteiger partial charge in [-0.25, -0.2) is 17.9 Å². The molecule has 2 aromatic carbocycles. The van der Waals surface area contributed by atoms with E-state index in [0.717, 1.165) is 49.3 Å². The molecule has 6 rings (SSSR count). The third kappa shape index (κ3) is 7.07. The zero-order chi connectivity index (χ0) is 37.1. The molecule has 284 valence electrons. The average Bonchev–Trinajstić information content (AvgIpc) is 3.41. The highest BCUT2D eigenvalue weighted by molar-refractivity contribution is 7.90. The molecule has 0 bridgehead atoms. The van der Waals surface area contributed by atoms with Crippen molar-refractivity contribution < 1.29 is 22.7 Å². The summed E-state index contributed by atoms with van der Waals surface area (Å²) in [7, 11) is -5.86. The normalized spacial score (nSPS) is 36.1. The second kappa shape index (κ2) is 14.0. The van der Waals surface area contributed by atoms with Gasteiger partial charge < -0.3 is 14.8 Å². The molecule has 2 amide bonds. The third-order valence-electron chi connectivity index (χ3n) is 15.5. The number of benzene rings is 2. The van der Waals surface area contributed by atoms with E-state index in [1.54, 1.807) is 12.1 Å². The summed E-state index contributed by atoms with van der Waals surface area (Å²) in [5.41, 5.74) is 0.404. The van der Waals surface area contributed by atoms with Gasteiger partial charge in [0.2, 0.25) is 0 Å². The van der Waals surface area contributed by atoms with Gasteiger partial charge in [-0.05, 0) is 145 Å². The molecule has 7 nitrogen and oxygen atoms in total. The minimum Gasteiger partial charge on any atom is -0.414 e. The Kier molecular flexibility index (Phi) is 10.7. The second-order valence-electron chi connectivity index (χ2n) is 19.1. The second-order valence-corrected chi connectivity index (χ2v) is 25.5. The Morgan fingerprint density at radius 1 is 0.980 bits per heavy atom. The molecular weight excluding hydrogens is 673 g/mol. The van der Waals surface area contributed by atoms with E-state index in [0.29, 0.717) is 54.1 Å². The monoisotopic (exact) mass is 738 g/mol. The molecule has 0 aromatic heterocycles. The Bertz CT molecular complexity index is 1690. The summed E-state index contributed by atoms with van der Waals surface area (Å²) in [4.78, 5) is 12.9. The van der Waals surface area contributed by atoms with E-state index in [1.807, 2.05) is 24.3 Å². The largest absolute Gasteiger partial charge is 0.414 e. The number of rotatable bonds is 9. The van der Waals surface area contributed by atoms with Crippen molar-refractivity contribution in [3.05, 3.63) is 42.5 Å². The van der Waals surface area contributed by atoms with Gasteiger partial charge in [0.15, 0.2) is 8.32 Å². The first-order chi connectivity index (χ1) is 23.8. The maximum atomic E-state index is 13.0. The maximum absolute atomic E-state index is 13.0. The Balaban J connectivity index is 1.08. The van der Waals surface area contributed by atoms with Crippen LogP contribution in [-0.4, -0.2) is 46.6 Å². The van der Waals surface area contributed by atoms with E-state index in [9.17, 15) is 18.3 Å². The number of hydrogen-bond donors (Lipinski definition) is 3. The molecule has 4 saturated carbocycles. The van der Waals surface area contributed by atoms with Crippen LogP contribution in [0.5, 0.6) is 0 Å². The molecule has 0 radical (unpaired) electrons. The van der Waals surface area contributed by atoms with Gasteiger partial charge in [-0.15, -0.1) is 0 Å². The molecule has 4 aliphatic rings. The van der Waals surface area contributed by atoms with Gasteiger partial charge >= 0.3 is 6.03 Å². The fourth-order valence-corrected chi connectivity index (χ4v) is 14.1. The molecule has 51 heavy (non-hydrogen) atoms. The number of amides is 2. The fraction of sp³-hybridized carbons (Fsp3) is 0.738. The van der Waals surface area contributed by atoms with Gasteiger partial charge in [0.1, 0.15) is 0 Å². The Labute approximate surface area is 309 Å². The number of aliphatic hydroxyl groups is 1. The minimum absolute atomic E-state index is 0.0770. The lowest BCUT2D eigenvalue weighted by Gasteiger charge is -2.65. The van der Waals surface area contributed by atoms with Crippen LogP contribution in [0.15, 0.2) is 47.4 Å². The van der Waals surface area contributed by atoms with Crippen molar-refractivity contribution in [2.24, 2.45) is 52.3 Å². The smallest absolute Gasteiger partial charge is 0.328 e. The molecule has 3 N–H and O–H groups in total. The summed E-state index contributed by atoms with van der Waals surface area (Å²) in [5.74, 6) is 3.11. The number of hydrogen-bond acceptors (Lipinski definition) is 5. The van der Waals surface area contributed by atoms with Crippen LogP contribution in [0.2, 0.25) is 18.1 Å². The number of carbonyl (C=O) groups is 1. The standard InChI is InChI=1S/C42H66N2O5SSi/c1-10-32-36-26-30(49-51(8,9)40(3,4)5)19-22-42(36,7)35-20-23-41(6)33(17-18-34(41)37(35)38(32)45)27(2)21-24-43-39(46)44-50(47,48)31-16-15-28-13-11-12-14-29(28)25-31/h11-16,25,27,30,32-38,45H,10,17-24,26H2,1-9H3,(H2,43,44,46)/t27-,30?,32-,33?,34+,35+,36?,37+,38-,41?,42?/m1/s1. The molecular formula is C42H66N2O5SSi. The van der Waals surface area contributed by atoms with Crippen molar-refractivity contribution in [3.63, 3.8) is 0 Å². The maximum Gasteiger partial charge on any atom is 0.328 e. The third-order valence-corrected chi connectivity index (χ3v) is 21.4. The van der Waals surface area contributed by atoms with Crippen molar-refractivity contribution >= 4 is 35.1 Å². The Morgan fingerprint density at radius 2 is 1.65 bits per heavy atom. The molecule has 0 heterocycles. The zero-order valence-corrected chi connectivity index (χ0v) is 34.6. The van der Waals surface area contributed by atoms with E-state index >= 15 is 0 Å². The summed E-state index contributed by atoms with van der Waals surface area (Å²) < 4.78 is 35.2. The predicted molar refractivity (Wildman–Crippen MR) is 209 cm³/mol. The molecule has 2 aromatic rings. The van der Waals surface area contributed by atoms with Crippen LogP contribution in [-0.2, 0) is 14.4 Å². The van der Waals surface area contributed by atoms with Gasteiger partial charge in [0, 0.05) is 12.6 Å². The van der Waals surface area contributed by atoms with E-state index in [1.165, 1.54) is 25.3 Å². The number of urea groups is 1. The van der Waals surface area contributed by atoms with Crippen molar-refractivity contribution in [3.8, 4) is 0 Å². The van der Waals surface area contributed by atoms with E-state index in [-0.39, 0.29) is 26.9 Å². The van der Waals surface area contributed by atoms with E-state index < -0.39 is 24.4 Å². The van der Waals surface area contributed by atoms with Crippen LogP contribution in [0, 0.1) is 52.3 Å². The summed E-state index contributed by atoms with van der Waals surface area (Å²) in [6.45, 7) is 21.9. The molecule has 0 saturated heterocycles. The molecule has 5 unspecified atom stereocenters. The first-order valence-electron chi connectivity index (χ1n) is 20.0. The number of sulfonamides is 1. The highest BCUT2D eigenvalue weighted by Crippen LogP contribution is 2.69. The van der Waals surface area contributed by atoms with Crippen LogP contribution in [0.4, 0.5) is 4.79 Å². The average molecular weight is 739 g/mol. The minimum atomic E-state index is -3.99. The molecule has 4 fully saturated rings. The molecule has 9 heteroatoms. The van der Waals surface area contributed by atoms with Gasteiger partial charge in [0.05, 0.1) is 11.0 Å². The van der Waals surface area contributed by atoms with Crippen LogP contribution < -0.4 is 10.0 Å². The SMILES string of the molecule is CC[C@@H]1C2CC(O[Si](C)(C)C(C)(C)C)CCC2(C)[C@H]2CCC3(C)C([C@H](C)CCNC(=O)NS(=O)(=O)c4ccc5ccccc5c4)CC[C@H]3[C@@H]2[C@@H]1O. The molecule has 11 atom stereocenters. The number of carbonyl (C=O) groups excluding carboxylic acids is 1. The van der Waals surface area contributed by atoms with Crippen molar-refractivity contribution in [2.75, 3.05) is 6.54 Å². The van der Waals surface area contributed by atoms with Crippen molar-refractivity contribution in [2.45, 2.75) is 141 Å². The van der Waals surface area contributed by atoms with E-state index in [2.05, 4.69) is 71.6 Å². The number of aliphatic hydroxyl groups excluding tert-OH is 1. The van der Waals surface area contributed by atoms with Crippen LogP contribution in [0.3, 0.4) is 0 Å². The number of fused-ring (bicyclic) bond motifs is 6. The van der Waals surface area contributed by atoms with Crippen molar-refractivity contribution in [1.29, 1.82) is 0 Å². The first-order valence-corrected chi connectivity index (χ1v) is 24.4.